The molecule has 1 fully saturated rings. The Hall–Kier alpha value is -1.20. The molecule has 5 heteroatoms. The maximum absolute atomic E-state index is 12.1. The summed E-state index contributed by atoms with van der Waals surface area (Å²) in [6.07, 6.45) is 4.33. The Morgan fingerprint density at radius 3 is 2.73 bits per heavy atom. The SMILES string of the molecule is COC(=O)c1c(CCC=O)sc([C@H](C)C2CCNCC2)c1C. The molecular formula is C17H25NO3S. The summed E-state index contributed by atoms with van der Waals surface area (Å²) in [5.41, 5.74) is 1.73. The molecule has 1 saturated heterocycles. The van der Waals surface area contributed by atoms with Crippen LogP contribution in [0, 0.1) is 12.8 Å². The first-order valence-corrected chi connectivity index (χ1v) is 8.76. The fourth-order valence-corrected chi connectivity index (χ4v) is 4.78. The smallest absolute Gasteiger partial charge is 0.339 e. The number of aryl methyl sites for hydroxylation is 1. The van der Waals surface area contributed by atoms with E-state index in [0.717, 1.165) is 29.8 Å². The highest BCUT2D eigenvalue weighted by Gasteiger charge is 2.28. The lowest BCUT2D eigenvalue weighted by Gasteiger charge is -2.28. The molecule has 2 heterocycles. The van der Waals surface area contributed by atoms with Gasteiger partial charge in [-0.2, -0.15) is 0 Å². The van der Waals surface area contributed by atoms with Crippen molar-refractivity contribution in [1.29, 1.82) is 0 Å². The van der Waals surface area contributed by atoms with E-state index >= 15 is 0 Å². The monoisotopic (exact) mass is 323 g/mol. The number of rotatable bonds is 6. The van der Waals surface area contributed by atoms with Gasteiger partial charge in [-0.05, 0) is 56.7 Å². The van der Waals surface area contributed by atoms with Crippen LogP contribution in [-0.4, -0.2) is 32.5 Å². The summed E-state index contributed by atoms with van der Waals surface area (Å²) < 4.78 is 4.95. The summed E-state index contributed by atoms with van der Waals surface area (Å²) in [6, 6.07) is 0. The zero-order chi connectivity index (χ0) is 16.1. The van der Waals surface area contributed by atoms with Crippen LogP contribution in [0.25, 0.3) is 0 Å². The molecule has 22 heavy (non-hydrogen) atoms. The molecule has 0 unspecified atom stereocenters. The number of thiophene rings is 1. The van der Waals surface area contributed by atoms with Gasteiger partial charge in [0.25, 0.3) is 0 Å². The second kappa shape index (κ2) is 7.88. The van der Waals surface area contributed by atoms with Gasteiger partial charge in [-0.25, -0.2) is 4.79 Å². The number of piperidine rings is 1. The van der Waals surface area contributed by atoms with Crippen LogP contribution < -0.4 is 5.32 Å². The van der Waals surface area contributed by atoms with Gasteiger partial charge in [-0.3, -0.25) is 0 Å². The van der Waals surface area contributed by atoms with Crippen molar-refractivity contribution in [3.05, 3.63) is 20.9 Å². The van der Waals surface area contributed by atoms with Gasteiger partial charge >= 0.3 is 5.97 Å². The fraction of sp³-hybridized carbons (Fsp3) is 0.647. The summed E-state index contributed by atoms with van der Waals surface area (Å²) in [5, 5.41) is 3.40. The molecule has 1 atom stereocenters. The van der Waals surface area contributed by atoms with Gasteiger partial charge in [-0.1, -0.05) is 6.92 Å². The molecule has 1 aromatic heterocycles. The molecule has 0 aromatic carbocycles. The largest absolute Gasteiger partial charge is 0.465 e. The maximum atomic E-state index is 12.1. The van der Waals surface area contributed by atoms with Crippen LogP contribution in [0.4, 0.5) is 0 Å². The molecule has 0 amide bonds. The molecule has 1 aliphatic heterocycles. The van der Waals surface area contributed by atoms with Crippen LogP contribution in [-0.2, 0) is 16.0 Å². The normalized spacial score (nSPS) is 17.2. The molecule has 0 spiro atoms. The van der Waals surface area contributed by atoms with Crippen molar-refractivity contribution in [3.8, 4) is 0 Å². The van der Waals surface area contributed by atoms with Crippen molar-refractivity contribution in [2.75, 3.05) is 20.2 Å². The molecule has 122 valence electrons. The molecule has 0 radical (unpaired) electrons. The third kappa shape index (κ3) is 3.58. The number of carbonyl (C=O) groups is 2. The maximum Gasteiger partial charge on any atom is 0.339 e. The molecule has 1 aliphatic rings. The predicted octanol–water partition coefficient (Wildman–Crippen LogP) is 3.08. The quantitative estimate of drug-likeness (QED) is 0.646. The second-order valence-electron chi connectivity index (χ2n) is 5.96. The lowest BCUT2D eigenvalue weighted by atomic mass is 9.84. The number of carbonyl (C=O) groups excluding carboxylic acids is 2. The van der Waals surface area contributed by atoms with E-state index in [0.29, 0.717) is 30.2 Å². The summed E-state index contributed by atoms with van der Waals surface area (Å²) in [5.74, 6) is 0.821. The van der Waals surface area contributed by atoms with Gasteiger partial charge in [0, 0.05) is 16.2 Å². The minimum absolute atomic E-state index is 0.279. The van der Waals surface area contributed by atoms with Gasteiger partial charge in [0.15, 0.2) is 0 Å². The van der Waals surface area contributed by atoms with Crippen LogP contribution in [0.5, 0.6) is 0 Å². The third-order valence-electron chi connectivity index (χ3n) is 4.64. The second-order valence-corrected chi connectivity index (χ2v) is 7.10. The highest BCUT2D eigenvalue weighted by atomic mass is 32.1. The molecule has 1 N–H and O–H groups in total. The molecule has 2 rings (SSSR count). The predicted molar refractivity (Wildman–Crippen MR) is 88.8 cm³/mol. The van der Waals surface area contributed by atoms with Crippen LogP contribution >= 0.6 is 11.3 Å². The van der Waals surface area contributed by atoms with Crippen molar-refractivity contribution < 1.29 is 14.3 Å². The van der Waals surface area contributed by atoms with Crippen LogP contribution in [0.1, 0.15) is 57.8 Å². The lowest BCUT2D eigenvalue weighted by molar-refractivity contribution is -0.107. The van der Waals surface area contributed by atoms with E-state index in [1.54, 1.807) is 11.3 Å². The van der Waals surface area contributed by atoms with Gasteiger partial charge < -0.3 is 14.8 Å². The van der Waals surface area contributed by atoms with Crippen molar-refractivity contribution in [2.45, 2.75) is 45.4 Å². The Kier molecular flexibility index (Phi) is 6.15. The number of ether oxygens (including phenoxy) is 1. The minimum atomic E-state index is -0.279. The van der Waals surface area contributed by atoms with Gasteiger partial charge in [0.1, 0.15) is 6.29 Å². The number of hydrogen-bond donors (Lipinski definition) is 1. The van der Waals surface area contributed by atoms with E-state index in [9.17, 15) is 9.59 Å². The molecule has 0 saturated carbocycles. The Bertz CT molecular complexity index is 532. The van der Waals surface area contributed by atoms with Gasteiger partial charge in [0.05, 0.1) is 12.7 Å². The van der Waals surface area contributed by atoms with Crippen molar-refractivity contribution in [1.82, 2.24) is 5.32 Å². The van der Waals surface area contributed by atoms with E-state index < -0.39 is 0 Å². The zero-order valence-corrected chi connectivity index (χ0v) is 14.4. The van der Waals surface area contributed by atoms with Crippen LogP contribution in [0.2, 0.25) is 0 Å². The first-order chi connectivity index (χ1) is 10.6. The molecular weight excluding hydrogens is 298 g/mol. The summed E-state index contributed by atoms with van der Waals surface area (Å²) in [7, 11) is 1.42. The number of esters is 1. The Labute approximate surface area is 136 Å². The Balaban J connectivity index is 2.32. The Morgan fingerprint density at radius 1 is 1.45 bits per heavy atom. The van der Waals surface area contributed by atoms with E-state index in [-0.39, 0.29) is 5.97 Å². The minimum Gasteiger partial charge on any atom is -0.465 e. The number of methoxy groups -OCH3 is 1. The molecule has 0 bridgehead atoms. The highest BCUT2D eigenvalue weighted by Crippen LogP contribution is 2.40. The third-order valence-corrected chi connectivity index (χ3v) is 6.19. The zero-order valence-electron chi connectivity index (χ0n) is 13.6. The fourth-order valence-electron chi connectivity index (χ4n) is 3.32. The first kappa shape index (κ1) is 17.2. The lowest BCUT2D eigenvalue weighted by Crippen LogP contribution is -2.30. The summed E-state index contributed by atoms with van der Waals surface area (Å²) in [4.78, 5) is 25.1. The van der Waals surface area contributed by atoms with E-state index in [1.807, 2.05) is 6.92 Å². The van der Waals surface area contributed by atoms with Crippen molar-refractivity contribution in [3.63, 3.8) is 0 Å². The number of hydrogen-bond acceptors (Lipinski definition) is 5. The average Bonchev–Trinajstić information content (AvgIpc) is 2.88. The Morgan fingerprint density at radius 2 is 2.14 bits per heavy atom. The molecule has 0 aliphatic carbocycles. The van der Waals surface area contributed by atoms with E-state index in [2.05, 4.69) is 12.2 Å². The topological polar surface area (TPSA) is 55.4 Å². The number of aldehydes is 1. The van der Waals surface area contributed by atoms with Crippen LogP contribution in [0.15, 0.2) is 0 Å². The van der Waals surface area contributed by atoms with Crippen LogP contribution in [0.3, 0.4) is 0 Å². The molecule has 1 aromatic rings. The van der Waals surface area contributed by atoms with Gasteiger partial charge in [-0.15, -0.1) is 11.3 Å². The first-order valence-electron chi connectivity index (χ1n) is 7.95. The molecule has 4 nitrogen and oxygen atoms in total. The summed E-state index contributed by atoms with van der Waals surface area (Å²) >= 11 is 1.69. The summed E-state index contributed by atoms with van der Waals surface area (Å²) in [6.45, 7) is 6.42. The average molecular weight is 323 g/mol. The van der Waals surface area contributed by atoms with E-state index in [4.69, 9.17) is 4.74 Å². The van der Waals surface area contributed by atoms with Crippen molar-refractivity contribution in [2.24, 2.45) is 5.92 Å². The standard InChI is InChI=1S/C17H25NO3S/c1-11(13-6-8-18-9-7-13)16-12(2)15(17(20)21-3)14(22-16)5-4-10-19/h10-11,13,18H,4-9H2,1-3H3/t11-/m1/s1. The number of nitrogens with one attached hydrogen (secondary N) is 1. The van der Waals surface area contributed by atoms with Crippen molar-refractivity contribution >= 4 is 23.6 Å². The highest BCUT2D eigenvalue weighted by molar-refractivity contribution is 7.12. The van der Waals surface area contributed by atoms with Gasteiger partial charge in [0.2, 0.25) is 0 Å². The van der Waals surface area contributed by atoms with E-state index in [1.165, 1.54) is 24.8 Å².